The fraction of sp³-hybridized carbons (Fsp3) is 0.381. The summed E-state index contributed by atoms with van der Waals surface area (Å²) in [6.07, 6.45) is 3.64. The number of rotatable bonds is 4. The molecule has 4 rings (SSSR count). The molecule has 27 heavy (non-hydrogen) atoms. The van der Waals surface area contributed by atoms with Gasteiger partial charge in [0, 0.05) is 25.7 Å². The monoisotopic (exact) mass is 384 g/mol. The molecule has 1 unspecified atom stereocenters. The van der Waals surface area contributed by atoms with Gasteiger partial charge in [0.1, 0.15) is 0 Å². The van der Waals surface area contributed by atoms with E-state index in [9.17, 15) is 13.2 Å². The highest BCUT2D eigenvalue weighted by molar-refractivity contribution is 7.89. The molecule has 0 spiro atoms. The molecule has 2 aromatic rings. The number of benzene rings is 2. The van der Waals surface area contributed by atoms with Crippen molar-refractivity contribution in [1.82, 2.24) is 9.21 Å². The van der Waals surface area contributed by atoms with Crippen LogP contribution in [0.25, 0.3) is 0 Å². The van der Waals surface area contributed by atoms with Gasteiger partial charge in [0.25, 0.3) is 5.91 Å². The van der Waals surface area contributed by atoms with Gasteiger partial charge in [0.05, 0.1) is 10.9 Å². The number of sulfonamides is 1. The van der Waals surface area contributed by atoms with Crippen LogP contribution in [0.4, 0.5) is 0 Å². The highest BCUT2D eigenvalue weighted by Crippen LogP contribution is 2.35. The minimum absolute atomic E-state index is 0.0348. The molecule has 142 valence electrons. The van der Waals surface area contributed by atoms with Gasteiger partial charge in [-0.15, -0.1) is 0 Å². The lowest BCUT2D eigenvalue weighted by Crippen LogP contribution is -2.31. The van der Waals surface area contributed by atoms with Crippen molar-refractivity contribution in [3.63, 3.8) is 0 Å². The third kappa shape index (κ3) is 3.28. The quantitative estimate of drug-likeness (QED) is 0.813. The number of nitrogens with zero attached hydrogens (tertiary/aromatic N) is 2. The first kappa shape index (κ1) is 18.2. The van der Waals surface area contributed by atoms with Crippen molar-refractivity contribution in [2.45, 2.75) is 36.6 Å². The maximum absolute atomic E-state index is 13.1. The van der Waals surface area contributed by atoms with E-state index >= 15 is 0 Å². The first-order valence-electron chi connectivity index (χ1n) is 9.43. The van der Waals surface area contributed by atoms with E-state index in [-0.39, 0.29) is 16.8 Å². The molecule has 1 fully saturated rings. The van der Waals surface area contributed by atoms with E-state index in [1.165, 1.54) is 21.5 Å². The molecular formula is C21H24N2O3S. The van der Waals surface area contributed by atoms with Gasteiger partial charge in [-0.05, 0) is 55.0 Å². The molecular weight excluding hydrogens is 360 g/mol. The van der Waals surface area contributed by atoms with Crippen molar-refractivity contribution in [3.8, 4) is 0 Å². The van der Waals surface area contributed by atoms with Gasteiger partial charge < -0.3 is 4.90 Å². The zero-order valence-electron chi connectivity index (χ0n) is 15.5. The second-order valence-corrected chi connectivity index (χ2v) is 9.25. The number of fused-ring (bicyclic) bond motifs is 1. The average Bonchev–Trinajstić information content (AvgIpc) is 3.37. The molecule has 0 bridgehead atoms. The summed E-state index contributed by atoms with van der Waals surface area (Å²) in [5.74, 6) is -0.143. The fourth-order valence-corrected chi connectivity index (χ4v) is 5.71. The summed E-state index contributed by atoms with van der Waals surface area (Å²) < 4.78 is 27.1. The van der Waals surface area contributed by atoms with Crippen LogP contribution in [0.3, 0.4) is 0 Å². The molecule has 0 saturated carbocycles. The maximum atomic E-state index is 13.1. The van der Waals surface area contributed by atoms with Crippen molar-refractivity contribution in [1.29, 1.82) is 0 Å². The molecule has 1 saturated heterocycles. The van der Waals surface area contributed by atoms with Crippen molar-refractivity contribution in [3.05, 3.63) is 65.2 Å². The molecule has 0 aromatic heterocycles. The van der Waals surface area contributed by atoms with Gasteiger partial charge in [-0.2, -0.15) is 4.31 Å². The van der Waals surface area contributed by atoms with Gasteiger partial charge >= 0.3 is 0 Å². The van der Waals surface area contributed by atoms with Crippen molar-refractivity contribution in [2.75, 3.05) is 20.1 Å². The number of hydrogen-bond donors (Lipinski definition) is 0. The number of aryl methyl sites for hydroxylation is 1. The number of hydrogen-bond acceptors (Lipinski definition) is 3. The predicted molar refractivity (Wildman–Crippen MR) is 104 cm³/mol. The van der Waals surface area contributed by atoms with Gasteiger partial charge in [0.15, 0.2) is 0 Å². The Hall–Kier alpha value is -2.18. The highest BCUT2D eigenvalue weighted by Gasteiger charge is 2.31. The molecule has 2 aliphatic rings. The normalized spacial score (nSPS) is 19.8. The lowest BCUT2D eigenvalue weighted by atomic mass is 10.1. The Balaban J connectivity index is 1.60. The van der Waals surface area contributed by atoms with E-state index in [0.29, 0.717) is 18.7 Å². The maximum Gasteiger partial charge on any atom is 0.254 e. The third-order valence-electron chi connectivity index (χ3n) is 5.67. The molecule has 1 aliphatic heterocycles. The Kier molecular flexibility index (Phi) is 4.78. The summed E-state index contributed by atoms with van der Waals surface area (Å²) >= 11 is 0. The minimum Gasteiger partial charge on any atom is -0.335 e. The van der Waals surface area contributed by atoms with Crippen LogP contribution >= 0.6 is 0 Å². The minimum atomic E-state index is -3.53. The van der Waals surface area contributed by atoms with Crippen LogP contribution < -0.4 is 0 Å². The second kappa shape index (κ2) is 7.09. The highest BCUT2D eigenvalue weighted by atomic mass is 32.2. The summed E-state index contributed by atoms with van der Waals surface area (Å²) in [6, 6.07) is 14.7. The summed E-state index contributed by atoms with van der Waals surface area (Å²) in [7, 11) is -1.72. The fourth-order valence-electron chi connectivity index (χ4n) is 4.15. The summed E-state index contributed by atoms with van der Waals surface area (Å²) in [5, 5.41) is 0. The summed E-state index contributed by atoms with van der Waals surface area (Å²) in [4.78, 5) is 15.0. The smallest absolute Gasteiger partial charge is 0.254 e. The molecule has 1 aliphatic carbocycles. The lowest BCUT2D eigenvalue weighted by molar-refractivity contribution is 0.0730. The van der Waals surface area contributed by atoms with E-state index in [1.54, 1.807) is 30.1 Å². The Morgan fingerprint density at radius 2 is 1.81 bits per heavy atom. The van der Waals surface area contributed by atoms with Crippen LogP contribution in [0, 0.1) is 0 Å². The van der Waals surface area contributed by atoms with Gasteiger partial charge in [-0.1, -0.05) is 30.3 Å². The van der Waals surface area contributed by atoms with Gasteiger partial charge in [0.2, 0.25) is 10.0 Å². The standard InChI is InChI=1S/C21H24N2O3S/c1-22(20-12-11-16-7-2-3-10-19(16)20)21(24)17-8-6-9-18(15-17)27(25,26)23-13-4-5-14-23/h2-3,6-10,15,20H,4-5,11-14H2,1H3. The SMILES string of the molecule is CN(C(=O)c1cccc(S(=O)(=O)N2CCCC2)c1)C1CCc2ccccc21. The molecule has 5 nitrogen and oxygen atoms in total. The van der Waals surface area contributed by atoms with E-state index in [2.05, 4.69) is 12.1 Å². The number of carbonyl (C=O) groups excluding carboxylic acids is 1. The molecule has 6 heteroatoms. The second-order valence-electron chi connectivity index (χ2n) is 7.31. The topological polar surface area (TPSA) is 57.7 Å². The van der Waals surface area contributed by atoms with Gasteiger partial charge in [-0.3, -0.25) is 4.79 Å². The Labute approximate surface area is 160 Å². The van der Waals surface area contributed by atoms with E-state index in [4.69, 9.17) is 0 Å². The molecule has 0 radical (unpaired) electrons. The summed E-state index contributed by atoms with van der Waals surface area (Å²) in [5.41, 5.74) is 2.89. The summed E-state index contributed by atoms with van der Waals surface area (Å²) in [6.45, 7) is 1.11. The third-order valence-corrected chi connectivity index (χ3v) is 7.57. The van der Waals surface area contributed by atoms with Crippen LogP contribution in [-0.2, 0) is 16.4 Å². The van der Waals surface area contributed by atoms with E-state index in [1.807, 2.05) is 12.1 Å². The van der Waals surface area contributed by atoms with E-state index in [0.717, 1.165) is 25.7 Å². The predicted octanol–water partition coefficient (Wildman–Crippen LogP) is 3.23. The molecule has 1 heterocycles. The molecule has 0 N–H and O–H groups in total. The first-order chi connectivity index (χ1) is 13.0. The van der Waals surface area contributed by atoms with Crippen molar-refractivity contribution in [2.24, 2.45) is 0 Å². The van der Waals surface area contributed by atoms with Crippen LogP contribution in [0.1, 0.15) is 46.8 Å². The number of amides is 1. The van der Waals surface area contributed by atoms with Crippen molar-refractivity contribution < 1.29 is 13.2 Å². The molecule has 1 amide bonds. The first-order valence-corrected chi connectivity index (χ1v) is 10.9. The zero-order chi connectivity index (χ0) is 19.0. The van der Waals surface area contributed by atoms with Crippen molar-refractivity contribution >= 4 is 15.9 Å². The zero-order valence-corrected chi connectivity index (χ0v) is 16.3. The van der Waals surface area contributed by atoms with Crippen LogP contribution in [0.15, 0.2) is 53.4 Å². The van der Waals surface area contributed by atoms with Gasteiger partial charge in [-0.25, -0.2) is 8.42 Å². The lowest BCUT2D eigenvalue weighted by Gasteiger charge is -2.26. The Bertz CT molecular complexity index is 965. The Morgan fingerprint density at radius 3 is 2.59 bits per heavy atom. The largest absolute Gasteiger partial charge is 0.335 e. The Morgan fingerprint density at radius 1 is 1.07 bits per heavy atom. The van der Waals surface area contributed by atoms with Crippen LogP contribution in [0.5, 0.6) is 0 Å². The van der Waals surface area contributed by atoms with Crippen LogP contribution in [-0.4, -0.2) is 43.7 Å². The molecule has 1 atom stereocenters. The van der Waals surface area contributed by atoms with E-state index < -0.39 is 10.0 Å². The number of carbonyl (C=O) groups is 1. The average molecular weight is 385 g/mol. The van der Waals surface area contributed by atoms with Crippen LogP contribution in [0.2, 0.25) is 0 Å². The molecule has 2 aromatic carbocycles.